The van der Waals surface area contributed by atoms with E-state index in [1.807, 2.05) is 0 Å². The average molecular weight is 645 g/mol. The number of aromatic hydroxyl groups is 1. The largest absolute Gasteiger partial charge is 0.504 e. The van der Waals surface area contributed by atoms with Crippen LogP contribution in [-0.2, 0) is 14.3 Å². The number of nitrogens with two attached hydrogens (primary N) is 2. The zero-order valence-corrected chi connectivity index (χ0v) is 24.9. The van der Waals surface area contributed by atoms with Crippen LogP contribution in [0.15, 0.2) is 66.7 Å². The van der Waals surface area contributed by atoms with Gasteiger partial charge < -0.3 is 35.5 Å². The van der Waals surface area contributed by atoms with Gasteiger partial charge in [0.2, 0.25) is 0 Å². The van der Waals surface area contributed by atoms with Crippen molar-refractivity contribution in [2.45, 2.75) is 44.7 Å². The van der Waals surface area contributed by atoms with E-state index < -0.39 is 30.5 Å². The predicted octanol–water partition coefficient (Wildman–Crippen LogP) is 6.47. The number of halogens is 3. The molecule has 0 aliphatic carbocycles. The van der Waals surface area contributed by atoms with Crippen molar-refractivity contribution in [1.29, 1.82) is 0 Å². The first-order valence-electron chi connectivity index (χ1n) is 14.4. The Morgan fingerprint density at radius 2 is 1.30 bits per heavy atom. The first-order valence-corrected chi connectivity index (χ1v) is 14.4. The third-order valence-corrected chi connectivity index (χ3v) is 6.39. The van der Waals surface area contributed by atoms with E-state index in [-0.39, 0.29) is 60.2 Å². The highest BCUT2D eigenvalue weighted by Crippen LogP contribution is 2.29. The van der Waals surface area contributed by atoms with Crippen LogP contribution in [0.2, 0.25) is 0 Å². The quantitative estimate of drug-likeness (QED) is 0.0394. The molecule has 0 fully saturated rings. The summed E-state index contributed by atoms with van der Waals surface area (Å²) >= 11 is 0. The number of carbonyl (C=O) groups excluding carboxylic acids is 3. The lowest BCUT2D eigenvalue weighted by Gasteiger charge is -2.09. The minimum absolute atomic E-state index is 0.00597. The van der Waals surface area contributed by atoms with Crippen molar-refractivity contribution in [2.75, 3.05) is 31.3 Å². The number of nitrogen functional groups attached to an aromatic ring is 2. The lowest BCUT2D eigenvalue weighted by Crippen LogP contribution is -2.10. The molecule has 0 bridgehead atoms. The number of hydrogen-bond donors (Lipinski definition) is 3. The number of rotatable bonds is 16. The zero-order valence-electron chi connectivity index (χ0n) is 24.9. The van der Waals surface area contributed by atoms with E-state index in [4.69, 9.17) is 30.4 Å². The fraction of sp³-hybridized carbons (Fsp3) is 0.303. The van der Waals surface area contributed by atoms with Gasteiger partial charge in [0.05, 0.1) is 42.3 Å². The van der Waals surface area contributed by atoms with Crippen LogP contribution >= 0.6 is 0 Å². The lowest BCUT2D eigenvalue weighted by atomic mass is 10.1. The molecule has 5 N–H and O–H groups in total. The maximum atomic E-state index is 12.4. The molecule has 13 heteroatoms. The smallest absolute Gasteiger partial charge is 0.389 e. The molecule has 0 aliphatic rings. The molecule has 0 heterocycles. The topological polar surface area (TPSA) is 160 Å². The molecule has 0 saturated carbocycles. The van der Waals surface area contributed by atoms with Crippen molar-refractivity contribution in [3.05, 3.63) is 83.4 Å². The standard InChI is InChI=1S/C33H35F3N2O8/c34-33(35,36)16-5-19-43-25-13-9-23(10-14-25)32(42)46-26-11-6-22(7-12-26)8-15-29(39)44-17-3-1-2-4-18-45-31(41)24-20-27(37)30(40)28(38)21-24/h6-15,20-21,40H,1-5,16-19,37-38H2/b15-8+. The first-order chi connectivity index (χ1) is 21.9. The Balaban J connectivity index is 1.28. The number of carbonyl (C=O) groups is 3. The summed E-state index contributed by atoms with van der Waals surface area (Å²) in [6, 6.07) is 14.9. The maximum absolute atomic E-state index is 12.4. The fourth-order valence-electron chi connectivity index (χ4n) is 3.95. The summed E-state index contributed by atoms with van der Waals surface area (Å²) in [4.78, 5) is 36.5. The van der Waals surface area contributed by atoms with Crippen LogP contribution in [0.5, 0.6) is 17.2 Å². The van der Waals surface area contributed by atoms with Gasteiger partial charge in [0.25, 0.3) is 0 Å². The first kappa shape index (κ1) is 35.3. The summed E-state index contributed by atoms with van der Waals surface area (Å²) in [6.07, 6.45) is 0.295. The normalized spacial score (nSPS) is 11.3. The zero-order chi connectivity index (χ0) is 33.5. The van der Waals surface area contributed by atoms with Crippen molar-refractivity contribution in [3.63, 3.8) is 0 Å². The molecule has 0 amide bonds. The summed E-state index contributed by atoms with van der Waals surface area (Å²) in [5, 5.41) is 9.58. The Labute approximate surface area is 263 Å². The number of phenolic OH excluding ortho intramolecular Hbond substituents is 1. The van der Waals surface area contributed by atoms with Gasteiger partial charge in [-0.25, -0.2) is 14.4 Å². The van der Waals surface area contributed by atoms with Gasteiger partial charge in [0, 0.05) is 12.5 Å². The molecular weight excluding hydrogens is 609 g/mol. The van der Waals surface area contributed by atoms with Gasteiger partial charge >= 0.3 is 24.1 Å². The van der Waals surface area contributed by atoms with Crippen molar-refractivity contribution < 1.29 is 51.6 Å². The second kappa shape index (κ2) is 17.3. The summed E-state index contributed by atoms with van der Waals surface area (Å²) in [6.45, 7) is 0.333. The molecule has 10 nitrogen and oxygen atoms in total. The number of hydrogen-bond acceptors (Lipinski definition) is 10. The summed E-state index contributed by atoms with van der Waals surface area (Å²) in [7, 11) is 0. The van der Waals surface area contributed by atoms with Crippen LogP contribution in [0.25, 0.3) is 6.08 Å². The third kappa shape index (κ3) is 12.4. The number of phenols is 1. The number of esters is 3. The molecule has 3 aromatic rings. The molecule has 3 rings (SSSR count). The van der Waals surface area contributed by atoms with E-state index in [0.29, 0.717) is 24.2 Å². The Morgan fingerprint density at radius 1 is 0.717 bits per heavy atom. The number of alkyl halides is 3. The van der Waals surface area contributed by atoms with Crippen molar-refractivity contribution in [2.24, 2.45) is 0 Å². The minimum atomic E-state index is -4.23. The average Bonchev–Trinajstić information content (AvgIpc) is 3.02. The number of ether oxygens (including phenoxy) is 4. The van der Waals surface area contributed by atoms with Crippen LogP contribution in [0.4, 0.5) is 24.5 Å². The monoisotopic (exact) mass is 644 g/mol. The molecule has 3 aromatic carbocycles. The van der Waals surface area contributed by atoms with E-state index in [1.165, 1.54) is 42.5 Å². The van der Waals surface area contributed by atoms with Gasteiger partial charge in [-0.15, -0.1) is 0 Å². The summed E-state index contributed by atoms with van der Waals surface area (Å²) in [5.74, 6) is -1.37. The highest BCUT2D eigenvalue weighted by Gasteiger charge is 2.26. The highest BCUT2D eigenvalue weighted by atomic mass is 19.4. The fourth-order valence-corrected chi connectivity index (χ4v) is 3.95. The van der Waals surface area contributed by atoms with Crippen molar-refractivity contribution in [3.8, 4) is 17.2 Å². The number of unbranched alkanes of at least 4 members (excludes halogenated alkanes) is 3. The summed E-state index contributed by atoms with van der Waals surface area (Å²) in [5.41, 5.74) is 12.3. The second-order valence-corrected chi connectivity index (χ2v) is 10.1. The summed E-state index contributed by atoms with van der Waals surface area (Å²) < 4.78 is 57.6. The Hall–Kier alpha value is -5.20. The Morgan fingerprint density at radius 3 is 1.91 bits per heavy atom. The molecule has 0 atom stereocenters. The molecule has 0 spiro atoms. The predicted molar refractivity (Wildman–Crippen MR) is 164 cm³/mol. The Kier molecular flexibility index (Phi) is 13.3. The van der Waals surface area contributed by atoms with Crippen LogP contribution in [0, 0.1) is 0 Å². The van der Waals surface area contributed by atoms with Crippen LogP contribution in [0.1, 0.15) is 64.8 Å². The third-order valence-electron chi connectivity index (χ3n) is 6.39. The molecule has 0 aliphatic heterocycles. The van der Waals surface area contributed by atoms with Gasteiger partial charge in [-0.1, -0.05) is 12.1 Å². The van der Waals surface area contributed by atoms with E-state index in [2.05, 4.69) is 0 Å². The van der Waals surface area contributed by atoms with Crippen LogP contribution in [0.3, 0.4) is 0 Å². The molecule has 0 unspecified atom stereocenters. The van der Waals surface area contributed by atoms with Gasteiger partial charge in [0.1, 0.15) is 11.5 Å². The second-order valence-electron chi connectivity index (χ2n) is 10.1. The molecular formula is C33H35F3N2O8. The van der Waals surface area contributed by atoms with Gasteiger partial charge in [-0.2, -0.15) is 13.2 Å². The molecule has 46 heavy (non-hydrogen) atoms. The Bertz CT molecular complexity index is 1470. The van der Waals surface area contributed by atoms with Crippen molar-refractivity contribution in [1.82, 2.24) is 0 Å². The molecule has 246 valence electrons. The highest BCUT2D eigenvalue weighted by molar-refractivity contribution is 5.93. The molecule has 0 saturated heterocycles. The SMILES string of the molecule is Nc1cc(C(=O)OCCCCCCOC(=O)/C=C/c2ccc(OC(=O)c3ccc(OCCCC(F)(F)F)cc3)cc2)cc(N)c1O. The minimum Gasteiger partial charge on any atom is -0.504 e. The number of anilines is 2. The molecule has 0 aromatic heterocycles. The van der Waals surface area contributed by atoms with E-state index in [9.17, 15) is 32.7 Å². The van der Waals surface area contributed by atoms with E-state index >= 15 is 0 Å². The maximum Gasteiger partial charge on any atom is 0.389 e. The van der Waals surface area contributed by atoms with E-state index in [0.717, 1.165) is 12.8 Å². The van der Waals surface area contributed by atoms with Gasteiger partial charge in [-0.05, 0) is 92.3 Å². The lowest BCUT2D eigenvalue weighted by molar-refractivity contribution is -0.138. The van der Waals surface area contributed by atoms with Gasteiger partial charge in [0.15, 0.2) is 5.75 Å². The van der Waals surface area contributed by atoms with Crippen LogP contribution < -0.4 is 20.9 Å². The molecule has 0 radical (unpaired) electrons. The number of benzene rings is 3. The van der Waals surface area contributed by atoms with Crippen molar-refractivity contribution >= 4 is 35.4 Å². The van der Waals surface area contributed by atoms with Gasteiger partial charge in [-0.3, -0.25) is 0 Å². The van der Waals surface area contributed by atoms with E-state index in [1.54, 1.807) is 30.3 Å². The van der Waals surface area contributed by atoms with Crippen LogP contribution in [-0.4, -0.2) is 49.0 Å².